The fourth-order valence-corrected chi connectivity index (χ4v) is 5.77. The van der Waals surface area contributed by atoms with Crippen LogP contribution >= 0.6 is 0 Å². The highest BCUT2D eigenvalue weighted by Crippen LogP contribution is 2.34. The minimum atomic E-state index is -3.88. The number of rotatable bonds is 4. The van der Waals surface area contributed by atoms with E-state index >= 15 is 0 Å². The molecule has 0 bridgehead atoms. The molecule has 1 aromatic carbocycles. The standard InChI is InChI=1S/C24H30FN3O3S/c1-23(2,3)22-27-19-12-17(32(29,30)18-8-10-26-21(25)13-18)6-7-20(19)28(22)15-16-9-11-31-24(4,5)14-16/h6-8,10,12-13,16H,9,11,14-15H2,1-5H3. The molecule has 1 atom stereocenters. The lowest BCUT2D eigenvalue weighted by molar-refractivity contribution is -0.0748. The number of ether oxygens (including phenoxy) is 1. The van der Waals surface area contributed by atoms with Crippen LogP contribution in [0.3, 0.4) is 0 Å². The fourth-order valence-electron chi connectivity index (χ4n) is 4.49. The molecule has 3 aromatic rings. The third-order valence-corrected chi connectivity index (χ3v) is 7.70. The Morgan fingerprint density at radius 2 is 1.91 bits per heavy atom. The van der Waals surface area contributed by atoms with Crippen LogP contribution in [-0.2, 0) is 26.5 Å². The lowest BCUT2D eigenvalue weighted by Gasteiger charge is -2.36. The Morgan fingerprint density at radius 3 is 2.56 bits per heavy atom. The van der Waals surface area contributed by atoms with E-state index in [0.29, 0.717) is 11.4 Å². The second-order valence-corrected chi connectivity index (χ2v) is 12.2. The molecule has 0 aliphatic carbocycles. The Balaban J connectivity index is 1.78. The van der Waals surface area contributed by atoms with Crippen molar-refractivity contribution in [1.82, 2.24) is 14.5 Å². The molecule has 1 aliphatic heterocycles. The first-order chi connectivity index (χ1) is 14.9. The second-order valence-electron chi connectivity index (χ2n) is 10.2. The molecule has 0 saturated carbocycles. The van der Waals surface area contributed by atoms with Gasteiger partial charge in [-0.25, -0.2) is 18.4 Å². The van der Waals surface area contributed by atoms with Crippen LogP contribution in [0.25, 0.3) is 11.0 Å². The van der Waals surface area contributed by atoms with Crippen LogP contribution in [0, 0.1) is 11.9 Å². The average molecular weight is 460 g/mol. The summed E-state index contributed by atoms with van der Waals surface area (Å²) in [7, 11) is -3.88. The number of benzene rings is 1. The van der Waals surface area contributed by atoms with Gasteiger partial charge in [0.1, 0.15) is 5.82 Å². The quantitative estimate of drug-likeness (QED) is 0.519. The number of pyridine rings is 1. The highest BCUT2D eigenvalue weighted by Gasteiger charge is 2.31. The number of hydrogen-bond donors (Lipinski definition) is 0. The van der Waals surface area contributed by atoms with Crippen LogP contribution in [0.2, 0.25) is 0 Å². The third kappa shape index (κ3) is 4.43. The van der Waals surface area contributed by atoms with Gasteiger partial charge >= 0.3 is 0 Å². The maximum atomic E-state index is 13.5. The molecule has 1 saturated heterocycles. The molecule has 172 valence electrons. The van der Waals surface area contributed by atoms with E-state index in [1.807, 2.05) is 6.07 Å². The highest BCUT2D eigenvalue weighted by atomic mass is 32.2. The van der Waals surface area contributed by atoms with Gasteiger partial charge in [0.05, 0.1) is 26.4 Å². The van der Waals surface area contributed by atoms with E-state index in [1.54, 1.807) is 12.1 Å². The summed E-state index contributed by atoms with van der Waals surface area (Å²) in [6.45, 7) is 12.1. The van der Waals surface area contributed by atoms with E-state index in [0.717, 1.165) is 49.6 Å². The second kappa shape index (κ2) is 7.92. The van der Waals surface area contributed by atoms with E-state index in [9.17, 15) is 12.8 Å². The minimum absolute atomic E-state index is 0.0907. The number of sulfone groups is 1. The molecular formula is C24H30FN3O3S. The van der Waals surface area contributed by atoms with E-state index in [1.165, 1.54) is 6.07 Å². The SMILES string of the molecule is CC1(C)CC(Cn2c(C(C)(C)C)nc3cc(S(=O)(=O)c4ccnc(F)c4)ccc32)CCO1. The summed E-state index contributed by atoms with van der Waals surface area (Å²) in [5.74, 6) is 0.535. The smallest absolute Gasteiger partial charge is 0.214 e. The van der Waals surface area contributed by atoms with Crippen LogP contribution in [0.1, 0.15) is 53.3 Å². The topological polar surface area (TPSA) is 74.1 Å². The van der Waals surface area contributed by atoms with Gasteiger partial charge in [0, 0.05) is 30.8 Å². The molecule has 4 rings (SSSR count). The van der Waals surface area contributed by atoms with Gasteiger partial charge in [0.2, 0.25) is 15.8 Å². The molecule has 0 amide bonds. The van der Waals surface area contributed by atoms with Gasteiger partial charge in [0.25, 0.3) is 0 Å². The van der Waals surface area contributed by atoms with E-state index < -0.39 is 15.8 Å². The zero-order valence-corrected chi connectivity index (χ0v) is 20.0. The van der Waals surface area contributed by atoms with E-state index in [4.69, 9.17) is 9.72 Å². The summed E-state index contributed by atoms with van der Waals surface area (Å²) in [5, 5.41) is 0. The van der Waals surface area contributed by atoms with Crippen molar-refractivity contribution >= 4 is 20.9 Å². The number of hydrogen-bond acceptors (Lipinski definition) is 5. The Labute approximate surface area is 188 Å². The maximum absolute atomic E-state index is 13.5. The number of fused-ring (bicyclic) bond motifs is 1. The summed E-state index contributed by atoms with van der Waals surface area (Å²) in [5.41, 5.74) is 1.16. The van der Waals surface area contributed by atoms with Crippen molar-refractivity contribution < 1.29 is 17.5 Å². The molecule has 1 fully saturated rings. The first kappa shape index (κ1) is 22.9. The fraction of sp³-hybridized carbons (Fsp3) is 0.500. The number of aromatic nitrogens is 3. The molecule has 2 aromatic heterocycles. The van der Waals surface area contributed by atoms with E-state index in [2.05, 4.69) is 44.2 Å². The Morgan fingerprint density at radius 1 is 1.19 bits per heavy atom. The zero-order chi connectivity index (χ0) is 23.3. The number of nitrogens with zero attached hydrogens (tertiary/aromatic N) is 3. The van der Waals surface area contributed by atoms with Gasteiger partial charge in [-0.15, -0.1) is 0 Å². The number of halogens is 1. The predicted molar refractivity (Wildman–Crippen MR) is 121 cm³/mol. The summed E-state index contributed by atoms with van der Waals surface area (Å²) >= 11 is 0. The van der Waals surface area contributed by atoms with Crippen LogP contribution in [0.4, 0.5) is 4.39 Å². The summed E-state index contributed by atoms with van der Waals surface area (Å²) < 4.78 is 47.8. The first-order valence-electron chi connectivity index (χ1n) is 10.9. The van der Waals surface area contributed by atoms with Crippen LogP contribution in [-0.4, -0.2) is 35.2 Å². The molecule has 1 aliphatic rings. The lowest BCUT2D eigenvalue weighted by Crippen LogP contribution is -2.36. The van der Waals surface area contributed by atoms with Crippen molar-refractivity contribution in [2.24, 2.45) is 5.92 Å². The molecule has 0 radical (unpaired) electrons. The average Bonchev–Trinajstić information content (AvgIpc) is 3.05. The third-order valence-electron chi connectivity index (χ3n) is 5.95. The Hall–Kier alpha value is -2.32. The molecule has 32 heavy (non-hydrogen) atoms. The summed E-state index contributed by atoms with van der Waals surface area (Å²) in [6, 6.07) is 7.21. The van der Waals surface area contributed by atoms with Crippen molar-refractivity contribution in [3.8, 4) is 0 Å². The molecule has 0 N–H and O–H groups in total. The molecule has 1 unspecified atom stereocenters. The van der Waals surface area contributed by atoms with Crippen LogP contribution in [0.5, 0.6) is 0 Å². The number of imidazole rings is 1. The van der Waals surface area contributed by atoms with Crippen molar-refractivity contribution in [3.05, 3.63) is 48.3 Å². The zero-order valence-electron chi connectivity index (χ0n) is 19.2. The van der Waals surface area contributed by atoms with E-state index in [-0.39, 0.29) is 20.8 Å². The molecule has 8 heteroatoms. The summed E-state index contributed by atoms with van der Waals surface area (Å²) in [6.07, 6.45) is 3.09. The summed E-state index contributed by atoms with van der Waals surface area (Å²) in [4.78, 5) is 8.27. The normalized spacial score (nSPS) is 19.4. The van der Waals surface area contributed by atoms with Gasteiger partial charge in [0.15, 0.2) is 0 Å². The van der Waals surface area contributed by atoms with Crippen molar-refractivity contribution in [1.29, 1.82) is 0 Å². The monoisotopic (exact) mass is 459 g/mol. The molecule has 6 nitrogen and oxygen atoms in total. The highest BCUT2D eigenvalue weighted by molar-refractivity contribution is 7.91. The molecular weight excluding hydrogens is 429 g/mol. The molecule has 0 spiro atoms. The van der Waals surface area contributed by atoms with Gasteiger partial charge in [-0.05, 0) is 56.9 Å². The van der Waals surface area contributed by atoms with Gasteiger partial charge in [-0.3, -0.25) is 0 Å². The maximum Gasteiger partial charge on any atom is 0.214 e. The first-order valence-corrected chi connectivity index (χ1v) is 12.4. The largest absolute Gasteiger partial charge is 0.376 e. The minimum Gasteiger partial charge on any atom is -0.376 e. The van der Waals surface area contributed by atoms with Gasteiger partial charge < -0.3 is 9.30 Å². The van der Waals surface area contributed by atoms with Crippen molar-refractivity contribution in [2.75, 3.05) is 6.61 Å². The van der Waals surface area contributed by atoms with Crippen LogP contribution in [0.15, 0.2) is 46.3 Å². The lowest BCUT2D eigenvalue weighted by atomic mass is 9.88. The Bertz CT molecular complexity index is 1260. The van der Waals surface area contributed by atoms with Gasteiger partial charge in [-0.1, -0.05) is 20.8 Å². The Kier molecular flexibility index (Phi) is 5.66. The predicted octanol–water partition coefficient (Wildman–Crippen LogP) is 4.91. The van der Waals surface area contributed by atoms with Gasteiger partial charge in [-0.2, -0.15) is 4.39 Å². The van der Waals surface area contributed by atoms with Crippen molar-refractivity contribution in [2.45, 2.75) is 74.8 Å². The molecule has 3 heterocycles. The van der Waals surface area contributed by atoms with Crippen molar-refractivity contribution in [3.63, 3.8) is 0 Å². The van der Waals surface area contributed by atoms with Crippen LogP contribution < -0.4 is 0 Å².